The van der Waals surface area contributed by atoms with Crippen molar-refractivity contribution in [1.29, 1.82) is 0 Å². The molecule has 11 aromatic rings. The first-order chi connectivity index (χ1) is 27.8. The Morgan fingerprint density at radius 1 is 0.286 bits per heavy atom. The maximum absolute atomic E-state index is 6.64. The number of furan rings is 1. The van der Waals surface area contributed by atoms with Crippen LogP contribution >= 0.6 is 0 Å². The lowest BCUT2D eigenvalue weighted by Gasteiger charge is -2.28. The van der Waals surface area contributed by atoms with Crippen LogP contribution in [0.15, 0.2) is 217 Å². The van der Waals surface area contributed by atoms with Gasteiger partial charge in [0.05, 0.1) is 5.69 Å². The Kier molecular flexibility index (Phi) is 7.53. The Bertz CT molecular complexity index is 3250. The van der Waals surface area contributed by atoms with E-state index in [1.54, 1.807) is 0 Å². The molecule has 0 saturated heterocycles. The third kappa shape index (κ3) is 5.34. The molecule has 2 heteroatoms. The first-order valence-electron chi connectivity index (χ1n) is 19.2. The van der Waals surface area contributed by atoms with Crippen LogP contribution in [0.4, 0.5) is 17.1 Å². The van der Waals surface area contributed by atoms with Crippen LogP contribution in [0.25, 0.3) is 87.6 Å². The number of benzene rings is 10. The highest BCUT2D eigenvalue weighted by Crippen LogP contribution is 2.46. The number of anilines is 3. The van der Waals surface area contributed by atoms with Crippen molar-refractivity contribution in [3.8, 4) is 33.4 Å². The van der Waals surface area contributed by atoms with E-state index in [-0.39, 0.29) is 0 Å². The van der Waals surface area contributed by atoms with Gasteiger partial charge in [0.15, 0.2) is 0 Å². The molecule has 0 radical (unpaired) electrons. The van der Waals surface area contributed by atoms with Crippen LogP contribution in [-0.2, 0) is 0 Å². The molecule has 0 unspecified atom stereocenters. The summed E-state index contributed by atoms with van der Waals surface area (Å²) >= 11 is 0. The predicted molar refractivity (Wildman–Crippen MR) is 237 cm³/mol. The quantitative estimate of drug-likeness (QED) is 0.160. The lowest BCUT2D eigenvalue weighted by molar-refractivity contribution is 0.669. The van der Waals surface area contributed by atoms with E-state index in [1.807, 2.05) is 0 Å². The maximum atomic E-state index is 6.64. The van der Waals surface area contributed by atoms with Gasteiger partial charge in [0, 0.05) is 33.8 Å². The van der Waals surface area contributed by atoms with Gasteiger partial charge in [-0.15, -0.1) is 0 Å². The number of fused-ring (bicyclic) bond motifs is 7. The molecule has 56 heavy (non-hydrogen) atoms. The molecule has 0 amide bonds. The van der Waals surface area contributed by atoms with Crippen molar-refractivity contribution in [3.63, 3.8) is 0 Å². The number of para-hydroxylation sites is 1. The number of hydrogen-bond donors (Lipinski definition) is 0. The first-order valence-corrected chi connectivity index (χ1v) is 19.2. The van der Waals surface area contributed by atoms with E-state index in [1.165, 1.54) is 60.1 Å². The van der Waals surface area contributed by atoms with Gasteiger partial charge in [0.25, 0.3) is 0 Å². The number of hydrogen-bond acceptors (Lipinski definition) is 2. The molecule has 10 aromatic carbocycles. The Morgan fingerprint density at radius 2 is 0.839 bits per heavy atom. The van der Waals surface area contributed by atoms with Gasteiger partial charge in [0.1, 0.15) is 11.2 Å². The minimum absolute atomic E-state index is 0.860. The lowest BCUT2D eigenvalue weighted by Crippen LogP contribution is -2.11. The molecule has 262 valence electrons. The van der Waals surface area contributed by atoms with Crippen LogP contribution in [0.3, 0.4) is 0 Å². The van der Waals surface area contributed by atoms with E-state index >= 15 is 0 Å². The minimum atomic E-state index is 0.860. The molecule has 1 aromatic heterocycles. The van der Waals surface area contributed by atoms with Crippen molar-refractivity contribution in [2.45, 2.75) is 0 Å². The molecular weight excluding hydrogens is 679 g/mol. The van der Waals surface area contributed by atoms with Crippen LogP contribution in [0, 0.1) is 0 Å². The summed E-state index contributed by atoms with van der Waals surface area (Å²) in [4.78, 5) is 2.38. The summed E-state index contributed by atoms with van der Waals surface area (Å²) in [5.41, 5.74) is 12.0. The molecule has 2 nitrogen and oxygen atoms in total. The molecule has 1 heterocycles. The summed E-state index contributed by atoms with van der Waals surface area (Å²) in [5.74, 6) is 0. The van der Waals surface area contributed by atoms with Gasteiger partial charge in [-0.2, -0.15) is 0 Å². The summed E-state index contributed by atoms with van der Waals surface area (Å²) in [6, 6.07) is 76.5. The second-order valence-electron chi connectivity index (χ2n) is 14.5. The normalized spacial score (nSPS) is 11.6. The number of nitrogens with zero attached hydrogens (tertiary/aromatic N) is 1. The third-order valence-corrected chi connectivity index (χ3v) is 11.2. The van der Waals surface area contributed by atoms with E-state index in [0.717, 1.165) is 44.6 Å². The molecule has 0 spiro atoms. The second kappa shape index (κ2) is 13.2. The summed E-state index contributed by atoms with van der Waals surface area (Å²) in [7, 11) is 0. The molecule has 0 fully saturated rings. The minimum Gasteiger partial charge on any atom is -0.456 e. The molecule has 0 aliphatic rings. The van der Waals surface area contributed by atoms with Crippen molar-refractivity contribution in [3.05, 3.63) is 212 Å². The standard InChI is InChI=1S/C54H35NO/c1-2-14-36(15-3-1)37-26-28-41(29-27-37)55(42-30-31-49-51-32-38-16-4-5-17-39(38)34-53(51)56-54(49)35-42)52-25-13-12-24-48(52)45-21-9-11-23-47(45)50-33-40-18-6-7-19-43(40)44-20-8-10-22-46(44)50/h1-35H. The molecule has 11 rings (SSSR count). The summed E-state index contributed by atoms with van der Waals surface area (Å²) in [6.07, 6.45) is 0. The van der Waals surface area contributed by atoms with Gasteiger partial charge in [-0.25, -0.2) is 0 Å². The van der Waals surface area contributed by atoms with Gasteiger partial charge >= 0.3 is 0 Å². The van der Waals surface area contributed by atoms with Crippen LogP contribution in [0.5, 0.6) is 0 Å². The van der Waals surface area contributed by atoms with E-state index < -0.39 is 0 Å². The molecule has 0 aliphatic carbocycles. The van der Waals surface area contributed by atoms with Crippen molar-refractivity contribution in [2.75, 3.05) is 4.90 Å². The fraction of sp³-hybridized carbons (Fsp3) is 0. The van der Waals surface area contributed by atoms with Gasteiger partial charge < -0.3 is 9.32 Å². The fourth-order valence-electron chi connectivity index (χ4n) is 8.58. The molecule has 0 saturated carbocycles. The zero-order valence-electron chi connectivity index (χ0n) is 30.6. The van der Waals surface area contributed by atoms with Crippen LogP contribution in [0.2, 0.25) is 0 Å². The Morgan fingerprint density at radius 3 is 1.62 bits per heavy atom. The molecule has 0 bridgehead atoms. The van der Waals surface area contributed by atoms with Crippen molar-refractivity contribution in [1.82, 2.24) is 0 Å². The summed E-state index contributed by atoms with van der Waals surface area (Å²) in [5, 5.41) is 9.62. The zero-order valence-corrected chi connectivity index (χ0v) is 30.6. The van der Waals surface area contributed by atoms with Crippen LogP contribution in [0.1, 0.15) is 0 Å². The molecule has 0 N–H and O–H groups in total. The van der Waals surface area contributed by atoms with Crippen molar-refractivity contribution in [2.24, 2.45) is 0 Å². The third-order valence-electron chi connectivity index (χ3n) is 11.2. The van der Waals surface area contributed by atoms with Crippen molar-refractivity contribution >= 4 is 71.3 Å². The fourth-order valence-corrected chi connectivity index (χ4v) is 8.58. The average Bonchev–Trinajstić information content (AvgIpc) is 3.62. The Balaban J connectivity index is 1.12. The monoisotopic (exact) mass is 713 g/mol. The summed E-state index contributed by atoms with van der Waals surface area (Å²) < 4.78 is 6.64. The van der Waals surface area contributed by atoms with E-state index in [4.69, 9.17) is 4.42 Å². The van der Waals surface area contributed by atoms with Gasteiger partial charge in [-0.05, 0) is 109 Å². The smallest absolute Gasteiger partial charge is 0.137 e. The van der Waals surface area contributed by atoms with E-state index in [9.17, 15) is 0 Å². The lowest BCUT2D eigenvalue weighted by atomic mass is 9.88. The van der Waals surface area contributed by atoms with Gasteiger partial charge in [0.2, 0.25) is 0 Å². The van der Waals surface area contributed by atoms with Crippen LogP contribution in [-0.4, -0.2) is 0 Å². The molecule has 0 aliphatic heterocycles. The highest BCUT2D eigenvalue weighted by molar-refractivity contribution is 6.15. The SMILES string of the molecule is c1ccc(-c2ccc(N(c3ccc4c(c3)oc3cc5ccccc5cc34)c3ccccc3-c3ccccc3-c3cc4ccccc4c4ccccc34)cc2)cc1. The van der Waals surface area contributed by atoms with Gasteiger partial charge in [-0.1, -0.05) is 158 Å². The Hall–Kier alpha value is -7.42. The maximum Gasteiger partial charge on any atom is 0.137 e. The van der Waals surface area contributed by atoms with E-state index in [0.29, 0.717) is 0 Å². The number of rotatable bonds is 6. The largest absolute Gasteiger partial charge is 0.456 e. The van der Waals surface area contributed by atoms with Crippen LogP contribution < -0.4 is 4.90 Å². The topological polar surface area (TPSA) is 16.4 Å². The van der Waals surface area contributed by atoms with E-state index in [2.05, 4.69) is 217 Å². The first kappa shape index (κ1) is 32.0. The van der Waals surface area contributed by atoms with Gasteiger partial charge in [-0.3, -0.25) is 0 Å². The summed E-state index contributed by atoms with van der Waals surface area (Å²) in [6.45, 7) is 0. The molecular formula is C54H35NO. The Labute approximate surface area is 325 Å². The predicted octanol–water partition coefficient (Wildman–Crippen LogP) is 15.5. The zero-order chi connectivity index (χ0) is 37.0. The highest BCUT2D eigenvalue weighted by atomic mass is 16.3. The average molecular weight is 714 g/mol. The second-order valence-corrected chi connectivity index (χ2v) is 14.5. The van der Waals surface area contributed by atoms with Crippen molar-refractivity contribution < 1.29 is 4.42 Å². The molecule has 0 atom stereocenters. The highest BCUT2D eigenvalue weighted by Gasteiger charge is 2.21.